The Kier molecular flexibility index (Phi) is 7.69. The highest BCUT2D eigenvalue weighted by molar-refractivity contribution is 6.29. The molecule has 8 heteroatoms. The molecule has 0 saturated heterocycles. The normalized spacial score (nSPS) is 13.4. The molecule has 0 amide bonds. The number of benzene rings is 9. The van der Waals surface area contributed by atoms with Crippen LogP contribution in [0, 0.1) is 0 Å². The van der Waals surface area contributed by atoms with Crippen molar-refractivity contribution in [2.45, 2.75) is 0 Å². The third-order valence-corrected chi connectivity index (χ3v) is 12.1. The zero-order chi connectivity index (χ0) is 40.7. The molecular weight excluding hydrogens is 773 g/mol. The minimum Gasteiger partial charge on any atom is -0.486 e. The number of para-hydroxylation sites is 2. The van der Waals surface area contributed by atoms with Crippen LogP contribution in [0.15, 0.2) is 179 Å². The molecule has 4 heterocycles. The molecule has 0 spiro atoms. The summed E-state index contributed by atoms with van der Waals surface area (Å²) in [5.41, 5.74) is 8.81. The minimum atomic E-state index is 0.508. The summed E-state index contributed by atoms with van der Waals surface area (Å²) >= 11 is 0. The van der Waals surface area contributed by atoms with E-state index in [1.807, 2.05) is 24.3 Å². The van der Waals surface area contributed by atoms with E-state index in [1.54, 1.807) is 0 Å². The Morgan fingerprint density at radius 1 is 0.306 bits per heavy atom. The Morgan fingerprint density at radius 2 is 0.694 bits per heavy atom. The van der Waals surface area contributed by atoms with Gasteiger partial charge in [-0.05, 0) is 71.4 Å². The monoisotopic (exact) mass is 808 g/mol. The lowest BCUT2D eigenvalue weighted by atomic mass is 9.98. The third-order valence-electron chi connectivity index (χ3n) is 12.1. The molecule has 8 nitrogen and oxygen atoms in total. The first-order valence-corrected chi connectivity index (χ1v) is 20.9. The topological polar surface area (TPSA) is 69.7 Å². The summed E-state index contributed by atoms with van der Waals surface area (Å²) in [5, 5.41) is 8.39. The van der Waals surface area contributed by atoms with Gasteiger partial charge in [0.25, 0.3) is 0 Å². The predicted molar refractivity (Wildman–Crippen MR) is 247 cm³/mol. The molecule has 2 aliphatic heterocycles. The van der Waals surface area contributed by atoms with Crippen LogP contribution in [0.2, 0.25) is 0 Å². The van der Waals surface area contributed by atoms with Crippen LogP contribution in [0.1, 0.15) is 0 Å². The van der Waals surface area contributed by atoms with Crippen molar-refractivity contribution in [3.05, 3.63) is 170 Å². The number of rotatable bonds is 6. The van der Waals surface area contributed by atoms with Crippen molar-refractivity contribution in [1.82, 2.24) is 0 Å². The standard InChI is InChI=1S/C54H36N2O6/c1-3-11-33(12-4-1)55(35-19-23-45-47(29-35)59-27-25-57-45)43-31-49-51(39-17-9-7-15-37(39)43)41-21-22-42-52-40-18-10-8-16-38(40)44(32-50(52)62-54(42)53(41)61-49)56(34-13-5-2-6-14-34)36-20-24-46-48(30-36)60-28-26-58-46/h1-24,29-32H,25-28H2. The summed E-state index contributed by atoms with van der Waals surface area (Å²) in [7, 11) is 0. The molecule has 2 aromatic heterocycles. The highest BCUT2D eigenvalue weighted by Gasteiger charge is 2.26. The first-order chi connectivity index (χ1) is 30.7. The minimum absolute atomic E-state index is 0.508. The van der Waals surface area contributed by atoms with Gasteiger partial charge in [0.1, 0.15) is 37.6 Å². The Labute approximate surface area is 355 Å². The molecule has 0 unspecified atom stereocenters. The van der Waals surface area contributed by atoms with E-state index in [9.17, 15) is 0 Å². The molecule has 0 aliphatic carbocycles. The molecule has 11 aromatic rings. The maximum absolute atomic E-state index is 7.04. The molecule has 62 heavy (non-hydrogen) atoms. The summed E-state index contributed by atoms with van der Waals surface area (Å²) in [4.78, 5) is 4.52. The maximum atomic E-state index is 7.04. The van der Waals surface area contributed by atoms with E-state index in [1.165, 1.54) is 0 Å². The summed E-state index contributed by atoms with van der Waals surface area (Å²) in [5.74, 6) is 2.95. The van der Waals surface area contributed by atoms with Gasteiger partial charge in [-0.15, -0.1) is 0 Å². The molecule has 13 rings (SSSR count). The van der Waals surface area contributed by atoms with E-state index in [0.29, 0.717) is 37.6 Å². The van der Waals surface area contributed by atoms with Gasteiger partial charge in [-0.3, -0.25) is 0 Å². The van der Waals surface area contributed by atoms with Crippen LogP contribution >= 0.6 is 0 Å². The van der Waals surface area contributed by atoms with Crippen molar-refractivity contribution in [3.63, 3.8) is 0 Å². The van der Waals surface area contributed by atoms with Gasteiger partial charge in [-0.1, -0.05) is 84.9 Å². The van der Waals surface area contributed by atoms with E-state index in [0.717, 1.165) is 111 Å². The molecule has 0 atom stereocenters. The number of furan rings is 2. The Bertz CT molecular complexity index is 3320. The van der Waals surface area contributed by atoms with Gasteiger partial charge in [0.05, 0.1) is 22.7 Å². The second-order valence-corrected chi connectivity index (χ2v) is 15.6. The third kappa shape index (κ3) is 5.33. The number of fused-ring (bicyclic) bond motifs is 13. The summed E-state index contributed by atoms with van der Waals surface area (Å²) in [6.07, 6.45) is 0. The van der Waals surface area contributed by atoms with Crippen LogP contribution in [0.25, 0.3) is 65.4 Å². The van der Waals surface area contributed by atoms with Crippen LogP contribution in [0.5, 0.6) is 23.0 Å². The van der Waals surface area contributed by atoms with Gasteiger partial charge in [0.15, 0.2) is 34.2 Å². The van der Waals surface area contributed by atoms with Crippen molar-refractivity contribution in [2.24, 2.45) is 0 Å². The van der Waals surface area contributed by atoms with Gasteiger partial charge in [0, 0.05) is 68.0 Å². The van der Waals surface area contributed by atoms with E-state index in [2.05, 4.69) is 155 Å². The molecule has 0 fully saturated rings. The lowest BCUT2D eigenvalue weighted by Crippen LogP contribution is -2.16. The predicted octanol–water partition coefficient (Wildman–Crippen LogP) is 14.3. The first kappa shape index (κ1) is 34.7. The molecule has 0 N–H and O–H groups in total. The molecule has 298 valence electrons. The van der Waals surface area contributed by atoms with Gasteiger partial charge in [-0.2, -0.15) is 0 Å². The molecule has 0 bridgehead atoms. The van der Waals surface area contributed by atoms with E-state index >= 15 is 0 Å². The Balaban J connectivity index is 1.04. The van der Waals surface area contributed by atoms with Crippen LogP contribution in [-0.4, -0.2) is 26.4 Å². The average molecular weight is 809 g/mol. The van der Waals surface area contributed by atoms with Crippen LogP contribution in [0.4, 0.5) is 34.1 Å². The molecule has 0 radical (unpaired) electrons. The van der Waals surface area contributed by atoms with E-state index in [-0.39, 0.29) is 0 Å². The smallest absolute Gasteiger partial charge is 0.178 e. The highest BCUT2D eigenvalue weighted by atomic mass is 16.6. The van der Waals surface area contributed by atoms with Crippen LogP contribution < -0.4 is 28.7 Å². The number of hydrogen-bond donors (Lipinski definition) is 0. The number of ether oxygens (including phenoxy) is 4. The first-order valence-electron chi connectivity index (χ1n) is 20.9. The SMILES string of the molecule is c1ccc(N(c2ccc3c(c2)OCCO3)c2cc3oc4c(ccc5c4oc4cc(N(c6ccccc6)c6ccc7c(c6)OCCO7)c6ccccc6c45)c3c3ccccc23)cc1. The second kappa shape index (κ2) is 13.7. The van der Waals surface area contributed by atoms with Crippen molar-refractivity contribution < 1.29 is 27.8 Å². The fraction of sp³-hybridized carbons (Fsp3) is 0.0741. The van der Waals surface area contributed by atoms with Crippen molar-refractivity contribution >= 4 is 99.5 Å². The van der Waals surface area contributed by atoms with E-state index in [4.69, 9.17) is 27.8 Å². The van der Waals surface area contributed by atoms with Crippen LogP contribution in [-0.2, 0) is 0 Å². The molecule has 2 aliphatic rings. The van der Waals surface area contributed by atoms with Gasteiger partial charge in [-0.25, -0.2) is 0 Å². The van der Waals surface area contributed by atoms with Crippen LogP contribution in [0.3, 0.4) is 0 Å². The molecular formula is C54H36N2O6. The summed E-state index contributed by atoms with van der Waals surface area (Å²) in [6.45, 7) is 2.08. The second-order valence-electron chi connectivity index (χ2n) is 15.6. The van der Waals surface area contributed by atoms with Gasteiger partial charge < -0.3 is 37.6 Å². The van der Waals surface area contributed by atoms with Gasteiger partial charge >= 0.3 is 0 Å². The Hall–Kier alpha value is -8.10. The van der Waals surface area contributed by atoms with Crippen molar-refractivity contribution in [1.29, 1.82) is 0 Å². The quantitative estimate of drug-likeness (QED) is 0.164. The zero-order valence-corrected chi connectivity index (χ0v) is 33.3. The number of hydrogen-bond acceptors (Lipinski definition) is 8. The number of anilines is 6. The maximum Gasteiger partial charge on any atom is 0.178 e. The van der Waals surface area contributed by atoms with E-state index < -0.39 is 0 Å². The lowest BCUT2D eigenvalue weighted by molar-refractivity contribution is 0.171. The zero-order valence-electron chi connectivity index (χ0n) is 33.3. The summed E-state index contributed by atoms with van der Waals surface area (Å²) < 4.78 is 38.0. The fourth-order valence-electron chi connectivity index (χ4n) is 9.48. The lowest BCUT2D eigenvalue weighted by Gasteiger charge is -2.28. The largest absolute Gasteiger partial charge is 0.486 e. The Morgan fingerprint density at radius 3 is 1.13 bits per heavy atom. The summed E-state index contributed by atoms with van der Waals surface area (Å²) in [6, 6.07) is 58.9. The number of nitrogens with zero attached hydrogens (tertiary/aromatic N) is 2. The van der Waals surface area contributed by atoms with Crippen molar-refractivity contribution in [2.75, 3.05) is 36.2 Å². The van der Waals surface area contributed by atoms with Gasteiger partial charge in [0.2, 0.25) is 0 Å². The molecule has 9 aromatic carbocycles. The molecule has 0 saturated carbocycles. The average Bonchev–Trinajstić information content (AvgIpc) is 3.91. The fourth-order valence-corrected chi connectivity index (χ4v) is 9.48. The van der Waals surface area contributed by atoms with Crippen molar-refractivity contribution in [3.8, 4) is 23.0 Å². The highest BCUT2D eigenvalue weighted by Crippen LogP contribution is 2.50.